The summed E-state index contributed by atoms with van der Waals surface area (Å²) >= 11 is 0. The van der Waals surface area contributed by atoms with Gasteiger partial charge in [0.25, 0.3) is 0 Å². The molecule has 2 fully saturated rings. The second kappa shape index (κ2) is 10.1. The molecule has 1 saturated carbocycles. The number of aromatic nitrogens is 2. The Morgan fingerprint density at radius 1 is 1.05 bits per heavy atom. The molecule has 1 aliphatic carbocycles. The molecule has 2 atom stereocenters. The van der Waals surface area contributed by atoms with E-state index in [1.54, 1.807) is 7.11 Å². The Bertz CT molecular complexity index is 1590. The minimum atomic E-state index is -0.515. The lowest BCUT2D eigenvalue weighted by Gasteiger charge is -2.26. The van der Waals surface area contributed by atoms with Crippen molar-refractivity contribution in [3.63, 3.8) is 0 Å². The summed E-state index contributed by atoms with van der Waals surface area (Å²) < 4.78 is 16.7. The lowest BCUT2D eigenvalue weighted by atomic mass is 9.91. The molecular weight excluding hydrogens is 504 g/mol. The number of benzene rings is 3. The van der Waals surface area contributed by atoms with Gasteiger partial charge in [-0.2, -0.15) is 5.10 Å². The number of carbonyl (C=O) groups is 1. The van der Waals surface area contributed by atoms with Crippen molar-refractivity contribution in [2.24, 2.45) is 0 Å². The fraction of sp³-hybridized carbons (Fsp3) is 0.312. The highest BCUT2D eigenvalue weighted by molar-refractivity contribution is 6.10. The third-order valence-corrected chi connectivity index (χ3v) is 8.43. The van der Waals surface area contributed by atoms with Gasteiger partial charge in [-0.3, -0.25) is 14.8 Å². The third kappa shape index (κ3) is 4.43. The van der Waals surface area contributed by atoms with Gasteiger partial charge < -0.3 is 19.5 Å². The van der Waals surface area contributed by atoms with E-state index >= 15 is 0 Å². The van der Waals surface area contributed by atoms with Crippen molar-refractivity contribution in [2.75, 3.05) is 51.9 Å². The number of ether oxygens (including phenoxy) is 3. The fourth-order valence-electron chi connectivity index (χ4n) is 6.07. The van der Waals surface area contributed by atoms with Crippen LogP contribution in [0, 0.1) is 0 Å². The van der Waals surface area contributed by atoms with Gasteiger partial charge in [0.2, 0.25) is 5.91 Å². The Kier molecular flexibility index (Phi) is 6.29. The number of morpholine rings is 1. The maximum Gasteiger partial charge on any atom is 0.235 e. The molecule has 1 spiro atoms. The minimum Gasteiger partial charge on any atom is -0.497 e. The molecule has 0 bridgehead atoms. The van der Waals surface area contributed by atoms with Crippen LogP contribution in [0.4, 0.5) is 5.69 Å². The lowest BCUT2D eigenvalue weighted by molar-refractivity contribution is -0.118. The molecule has 1 saturated heterocycles. The highest BCUT2D eigenvalue weighted by Crippen LogP contribution is 2.65. The molecule has 2 unspecified atom stereocenters. The number of nitrogens with zero attached hydrogens (tertiary/aromatic N) is 2. The first kappa shape index (κ1) is 24.9. The van der Waals surface area contributed by atoms with Gasteiger partial charge in [-0.1, -0.05) is 30.3 Å². The van der Waals surface area contributed by atoms with Gasteiger partial charge in [0.15, 0.2) is 0 Å². The average molecular weight is 537 g/mol. The van der Waals surface area contributed by atoms with Crippen LogP contribution in [0.1, 0.15) is 34.7 Å². The summed E-state index contributed by atoms with van der Waals surface area (Å²) in [5, 5.41) is 11.8. The highest BCUT2D eigenvalue weighted by Gasteiger charge is 2.65. The van der Waals surface area contributed by atoms with Gasteiger partial charge >= 0.3 is 0 Å². The van der Waals surface area contributed by atoms with E-state index in [2.05, 4.69) is 56.8 Å². The molecule has 1 amide bonds. The lowest BCUT2D eigenvalue weighted by Crippen LogP contribution is -2.38. The summed E-state index contributed by atoms with van der Waals surface area (Å²) in [5.41, 5.74) is 5.47. The largest absolute Gasteiger partial charge is 0.497 e. The van der Waals surface area contributed by atoms with Crippen molar-refractivity contribution in [2.45, 2.75) is 17.8 Å². The quantitative estimate of drug-likeness (QED) is 0.335. The maximum atomic E-state index is 13.0. The smallest absolute Gasteiger partial charge is 0.235 e. The van der Waals surface area contributed by atoms with E-state index in [0.717, 1.165) is 89.7 Å². The Balaban J connectivity index is 1.02. The molecule has 3 heterocycles. The molecule has 4 aromatic rings. The van der Waals surface area contributed by atoms with Gasteiger partial charge in [0.1, 0.15) is 18.1 Å². The molecule has 204 valence electrons. The number of hydrogen-bond donors (Lipinski definition) is 2. The number of hydrogen-bond acceptors (Lipinski definition) is 6. The zero-order valence-electron chi connectivity index (χ0n) is 22.5. The number of nitrogens with one attached hydrogen (secondary N) is 2. The van der Waals surface area contributed by atoms with Crippen LogP contribution in [0.25, 0.3) is 23.1 Å². The number of H-pyrrole nitrogens is 1. The summed E-state index contributed by atoms with van der Waals surface area (Å²) in [4.78, 5) is 15.4. The van der Waals surface area contributed by atoms with Gasteiger partial charge in [-0.25, -0.2) is 0 Å². The standard InChI is InChI=1S/C32H32N4O4/c1-38-24-8-11-29-26(19-24)32(31(37)33-29)20-27(32)22-5-9-25-28(34-35-30(25)18-22)10-4-21-2-6-23(7-3-21)40-17-14-36-12-15-39-16-13-36/h2-11,18-19,27H,12-17,20H2,1H3,(H,33,37)(H,34,35)/b10-4+. The van der Waals surface area contributed by atoms with Crippen LogP contribution in [0.2, 0.25) is 0 Å². The second-order valence-electron chi connectivity index (χ2n) is 10.7. The van der Waals surface area contributed by atoms with Crippen molar-refractivity contribution in [3.8, 4) is 11.5 Å². The van der Waals surface area contributed by atoms with Crippen LogP contribution in [-0.4, -0.2) is 67.6 Å². The number of aromatic amines is 1. The van der Waals surface area contributed by atoms with Crippen LogP contribution in [0.15, 0.2) is 60.7 Å². The van der Waals surface area contributed by atoms with Crippen LogP contribution in [0.5, 0.6) is 11.5 Å². The van der Waals surface area contributed by atoms with E-state index in [4.69, 9.17) is 14.2 Å². The second-order valence-corrected chi connectivity index (χ2v) is 10.7. The van der Waals surface area contributed by atoms with E-state index < -0.39 is 5.41 Å². The normalized spacial score (nSPS) is 22.1. The Morgan fingerprint density at radius 2 is 1.88 bits per heavy atom. The molecule has 2 aliphatic heterocycles. The van der Waals surface area contributed by atoms with Crippen LogP contribution in [0.3, 0.4) is 0 Å². The first-order chi connectivity index (χ1) is 19.6. The predicted octanol–water partition coefficient (Wildman–Crippen LogP) is 4.83. The van der Waals surface area contributed by atoms with E-state index in [9.17, 15) is 4.79 Å². The van der Waals surface area contributed by atoms with Crippen molar-refractivity contribution in [3.05, 3.63) is 83.0 Å². The number of rotatable bonds is 8. The van der Waals surface area contributed by atoms with Gasteiger partial charge in [-0.15, -0.1) is 0 Å². The van der Waals surface area contributed by atoms with E-state index in [1.165, 1.54) is 0 Å². The van der Waals surface area contributed by atoms with Crippen molar-refractivity contribution in [1.29, 1.82) is 0 Å². The first-order valence-electron chi connectivity index (χ1n) is 13.8. The van der Waals surface area contributed by atoms with Crippen molar-refractivity contribution >= 4 is 34.6 Å². The maximum absolute atomic E-state index is 13.0. The van der Waals surface area contributed by atoms with Crippen LogP contribution in [-0.2, 0) is 14.9 Å². The first-order valence-corrected chi connectivity index (χ1v) is 13.8. The molecule has 1 aromatic heterocycles. The van der Waals surface area contributed by atoms with E-state index in [0.29, 0.717) is 6.61 Å². The fourth-order valence-corrected chi connectivity index (χ4v) is 6.07. The summed E-state index contributed by atoms with van der Waals surface area (Å²) in [6.45, 7) is 5.13. The molecule has 3 aromatic carbocycles. The summed E-state index contributed by atoms with van der Waals surface area (Å²) in [6, 6.07) is 20.3. The average Bonchev–Trinajstić information content (AvgIpc) is 3.53. The zero-order valence-corrected chi connectivity index (χ0v) is 22.5. The van der Waals surface area contributed by atoms with Gasteiger partial charge in [-0.05, 0) is 65.6 Å². The summed E-state index contributed by atoms with van der Waals surface area (Å²) in [5.74, 6) is 1.84. The molecule has 0 radical (unpaired) electrons. The minimum absolute atomic E-state index is 0.0719. The summed E-state index contributed by atoms with van der Waals surface area (Å²) in [6.07, 6.45) is 4.88. The van der Waals surface area contributed by atoms with Crippen molar-refractivity contribution in [1.82, 2.24) is 15.1 Å². The molecule has 40 heavy (non-hydrogen) atoms. The molecule has 7 rings (SSSR count). The number of methoxy groups -OCH3 is 1. The number of fused-ring (bicyclic) bond motifs is 3. The molecular formula is C32H32N4O4. The monoisotopic (exact) mass is 536 g/mol. The van der Waals surface area contributed by atoms with Crippen LogP contribution < -0.4 is 14.8 Å². The zero-order chi connectivity index (χ0) is 27.1. The van der Waals surface area contributed by atoms with Gasteiger partial charge in [0.05, 0.1) is 36.9 Å². The van der Waals surface area contributed by atoms with Crippen LogP contribution >= 0.6 is 0 Å². The third-order valence-electron chi connectivity index (χ3n) is 8.43. The molecule has 8 heteroatoms. The Hall–Kier alpha value is -4.14. The molecule has 3 aliphatic rings. The van der Waals surface area contributed by atoms with E-state index in [-0.39, 0.29) is 11.8 Å². The number of anilines is 1. The van der Waals surface area contributed by atoms with E-state index in [1.807, 2.05) is 36.4 Å². The predicted molar refractivity (Wildman–Crippen MR) is 155 cm³/mol. The molecule has 8 nitrogen and oxygen atoms in total. The Labute approximate surface area is 232 Å². The molecule has 2 N–H and O–H groups in total. The SMILES string of the molecule is COc1ccc2c(c1)C1(CC1c1ccc3c(/C=C/c4ccc(OCCN5CCOCC5)cc4)n[nH]c3c1)C(=O)N2. The number of carbonyl (C=O) groups excluding carboxylic acids is 1. The summed E-state index contributed by atoms with van der Waals surface area (Å²) in [7, 11) is 1.65. The number of amides is 1. The van der Waals surface area contributed by atoms with Gasteiger partial charge in [0, 0.05) is 36.6 Å². The topological polar surface area (TPSA) is 88.7 Å². The highest BCUT2D eigenvalue weighted by atomic mass is 16.5. The Morgan fingerprint density at radius 3 is 2.70 bits per heavy atom. The van der Waals surface area contributed by atoms with Crippen molar-refractivity contribution < 1.29 is 19.0 Å².